The molecule has 4 heteroatoms. The predicted octanol–water partition coefficient (Wildman–Crippen LogP) is 1.31. The molecule has 0 bridgehead atoms. The summed E-state index contributed by atoms with van der Waals surface area (Å²) in [5.41, 5.74) is 1.17. The molecule has 4 nitrogen and oxygen atoms in total. The van der Waals surface area contributed by atoms with E-state index in [1.165, 1.54) is 10.9 Å². The average molecular weight is 216 g/mol. The van der Waals surface area contributed by atoms with E-state index in [4.69, 9.17) is 0 Å². The van der Waals surface area contributed by atoms with Crippen molar-refractivity contribution in [2.75, 3.05) is 38.1 Å². The quantitative estimate of drug-likeness (QED) is 0.780. The first-order valence-corrected chi connectivity index (χ1v) is 5.70. The Morgan fingerprint density at radius 1 is 1.19 bits per heavy atom. The molecule has 1 aliphatic rings. The lowest BCUT2D eigenvalue weighted by molar-refractivity contribution is 0.312. The van der Waals surface area contributed by atoms with Gasteiger partial charge in [-0.15, -0.1) is 0 Å². The molecule has 2 aromatic rings. The van der Waals surface area contributed by atoms with Gasteiger partial charge in [-0.2, -0.15) is 0 Å². The Balaban J connectivity index is 1.96. The van der Waals surface area contributed by atoms with Crippen LogP contribution < -0.4 is 4.90 Å². The maximum Gasteiger partial charge on any atom is 0.138 e. The number of hydrogen-bond acceptors (Lipinski definition) is 3. The summed E-state index contributed by atoms with van der Waals surface area (Å²) in [6.45, 7) is 4.35. The SMILES string of the molecule is CN1CCN(c2nccc3[nH]ccc23)CC1. The Labute approximate surface area is 94.9 Å². The largest absolute Gasteiger partial charge is 0.361 e. The van der Waals surface area contributed by atoms with Crippen LogP contribution in [0.15, 0.2) is 24.5 Å². The van der Waals surface area contributed by atoms with Gasteiger partial charge in [-0.25, -0.2) is 4.98 Å². The number of nitrogens with one attached hydrogen (secondary N) is 1. The third-order valence-corrected chi connectivity index (χ3v) is 3.26. The van der Waals surface area contributed by atoms with E-state index in [-0.39, 0.29) is 0 Å². The summed E-state index contributed by atoms with van der Waals surface area (Å²) < 4.78 is 0. The minimum Gasteiger partial charge on any atom is -0.361 e. The standard InChI is InChI=1S/C12H16N4/c1-15-6-8-16(9-7-15)12-10-2-4-13-11(10)3-5-14-12/h2-5,13H,6-9H2,1H3. The number of aromatic amines is 1. The van der Waals surface area contributed by atoms with E-state index in [0.717, 1.165) is 32.0 Å². The Morgan fingerprint density at radius 3 is 2.81 bits per heavy atom. The highest BCUT2D eigenvalue weighted by atomic mass is 15.3. The molecule has 0 unspecified atom stereocenters. The van der Waals surface area contributed by atoms with E-state index in [0.29, 0.717) is 0 Å². The van der Waals surface area contributed by atoms with Crippen LogP contribution in [-0.4, -0.2) is 48.1 Å². The normalized spacial score (nSPS) is 18.2. The van der Waals surface area contributed by atoms with E-state index < -0.39 is 0 Å². The molecular weight excluding hydrogens is 200 g/mol. The van der Waals surface area contributed by atoms with Crippen molar-refractivity contribution in [1.82, 2.24) is 14.9 Å². The van der Waals surface area contributed by atoms with Crippen molar-refractivity contribution >= 4 is 16.7 Å². The number of piperazine rings is 1. The van der Waals surface area contributed by atoms with Gasteiger partial charge in [-0.1, -0.05) is 0 Å². The Hall–Kier alpha value is -1.55. The van der Waals surface area contributed by atoms with Crippen LogP contribution in [-0.2, 0) is 0 Å². The minimum atomic E-state index is 1.06. The van der Waals surface area contributed by atoms with Crippen molar-refractivity contribution in [3.63, 3.8) is 0 Å². The van der Waals surface area contributed by atoms with Crippen molar-refractivity contribution in [3.05, 3.63) is 24.5 Å². The van der Waals surface area contributed by atoms with Gasteiger partial charge in [-0.05, 0) is 19.2 Å². The molecule has 0 saturated carbocycles. The highest BCUT2D eigenvalue weighted by molar-refractivity contribution is 5.90. The number of H-pyrrole nitrogens is 1. The molecule has 1 fully saturated rings. The number of nitrogens with zero attached hydrogens (tertiary/aromatic N) is 3. The molecule has 0 atom stereocenters. The second kappa shape index (κ2) is 3.79. The van der Waals surface area contributed by atoms with Gasteiger partial charge in [0.2, 0.25) is 0 Å². The average Bonchev–Trinajstić information content (AvgIpc) is 2.78. The van der Waals surface area contributed by atoms with Crippen molar-refractivity contribution in [3.8, 4) is 0 Å². The zero-order chi connectivity index (χ0) is 11.0. The molecule has 0 aromatic carbocycles. The molecule has 0 amide bonds. The summed E-state index contributed by atoms with van der Waals surface area (Å²) in [5, 5.41) is 1.23. The van der Waals surface area contributed by atoms with Crippen molar-refractivity contribution in [1.29, 1.82) is 0 Å². The number of hydrogen-bond donors (Lipinski definition) is 1. The summed E-state index contributed by atoms with van der Waals surface area (Å²) in [4.78, 5) is 12.5. The number of rotatable bonds is 1. The molecule has 0 radical (unpaired) electrons. The highest BCUT2D eigenvalue weighted by Gasteiger charge is 2.17. The van der Waals surface area contributed by atoms with Gasteiger partial charge in [0.1, 0.15) is 5.82 Å². The van der Waals surface area contributed by atoms with Gasteiger partial charge in [0.25, 0.3) is 0 Å². The van der Waals surface area contributed by atoms with E-state index in [9.17, 15) is 0 Å². The van der Waals surface area contributed by atoms with E-state index in [1.54, 1.807) is 0 Å². The molecule has 1 saturated heterocycles. The lowest BCUT2D eigenvalue weighted by atomic mass is 10.2. The van der Waals surface area contributed by atoms with Crippen LogP contribution in [0.3, 0.4) is 0 Å². The first-order chi connectivity index (χ1) is 7.84. The van der Waals surface area contributed by atoms with Crippen LogP contribution in [0, 0.1) is 0 Å². The number of likely N-dealkylation sites (N-methyl/N-ethyl adjacent to an activating group) is 1. The topological polar surface area (TPSA) is 35.2 Å². The first-order valence-electron chi connectivity index (χ1n) is 5.70. The molecule has 3 rings (SSSR count). The Bertz CT molecular complexity index is 482. The summed E-state index contributed by atoms with van der Waals surface area (Å²) in [6.07, 6.45) is 3.86. The second-order valence-electron chi connectivity index (χ2n) is 4.36. The minimum absolute atomic E-state index is 1.06. The highest BCUT2D eigenvalue weighted by Crippen LogP contribution is 2.23. The Morgan fingerprint density at radius 2 is 2.00 bits per heavy atom. The molecule has 0 spiro atoms. The van der Waals surface area contributed by atoms with Crippen LogP contribution in [0.4, 0.5) is 5.82 Å². The number of aromatic nitrogens is 2. The molecule has 0 aliphatic carbocycles. The maximum atomic E-state index is 4.52. The fourth-order valence-corrected chi connectivity index (χ4v) is 2.24. The van der Waals surface area contributed by atoms with Gasteiger partial charge in [0, 0.05) is 44.0 Å². The number of pyridine rings is 1. The number of anilines is 1. The van der Waals surface area contributed by atoms with Crippen LogP contribution in [0.2, 0.25) is 0 Å². The first kappa shape index (κ1) is 9.66. The molecule has 1 aliphatic heterocycles. The fraction of sp³-hybridized carbons (Fsp3) is 0.417. The van der Waals surface area contributed by atoms with Crippen LogP contribution in [0.25, 0.3) is 10.9 Å². The predicted molar refractivity (Wildman–Crippen MR) is 65.8 cm³/mol. The van der Waals surface area contributed by atoms with E-state index >= 15 is 0 Å². The molecule has 16 heavy (non-hydrogen) atoms. The van der Waals surface area contributed by atoms with Crippen LogP contribution in [0.5, 0.6) is 0 Å². The van der Waals surface area contributed by atoms with Crippen molar-refractivity contribution in [2.45, 2.75) is 0 Å². The van der Waals surface area contributed by atoms with Crippen molar-refractivity contribution in [2.24, 2.45) is 0 Å². The third kappa shape index (κ3) is 1.55. The zero-order valence-corrected chi connectivity index (χ0v) is 9.48. The fourth-order valence-electron chi connectivity index (χ4n) is 2.24. The van der Waals surface area contributed by atoms with Gasteiger partial charge in [0.15, 0.2) is 0 Å². The number of fused-ring (bicyclic) bond motifs is 1. The molecule has 84 valence electrons. The smallest absolute Gasteiger partial charge is 0.138 e. The lowest BCUT2D eigenvalue weighted by Gasteiger charge is -2.33. The lowest BCUT2D eigenvalue weighted by Crippen LogP contribution is -2.44. The molecular formula is C12H16N4. The van der Waals surface area contributed by atoms with E-state index in [1.807, 2.05) is 18.5 Å². The maximum absolute atomic E-state index is 4.52. The van der Waals surface area contributed by atoms with Crippen molar-refractivity contribution < 1.29 is 0 Å². The second-order valence-corrected chi connectivity index (χ2v) is 4.36. The van der Waals surface area contributed by atoms with Crippen LogP contribution >= 0.6 is 0 Å². The molecule has 3 heterocycles. The van der Waals surface area contributed by atoms with Gasteiger partial charge >= 0.3 is 0 Å². The van der Waals surface area contributed by atoms with Gasteiger partial charge in [0.05, 0.1) is 5.52 Å². The molecule has 1 N–H and O–H groups in total. The third-order valence-electron chi connectivity index (χ3n) is 3.26. The monoisotopic (exact) mass is 216 g/mol. The van der Waals surface area contributed by atoms with Gasteiger partial charge in [-0.3, -0.25) is 0 Å². The van der Waals surface area contributed by atoms with E-state index in [2.05, 4.69) is 32.9 Å². The summed E-state index contributed by atoms with van der Waals surface area (Å²) >= 11 is 0. The van der Waals surface area contributed by atoms with Crippen LogP contribution in [0.1, 0.15) is 0 Å². The van der Waals surface area contributed by atoms with Gasteiger partial charge < -0.3 is 14.8 Å². The summed E-state index contributed by atoms with van der Waals surface area (Å²) in [6, 6.07) is 4.13. The Kier molecular flexibility index (Phi) is 2.29. The summed E-state index contributed by atoms with van der Waals surface area (Å²) in [7, 11) is 2.17. The summed E-state index contributed by atoms with van der Waals surface area (Å²) in [5.74, 6) is 1.12. The zero-order valence-electron chi connectivity index (χ0n) is 9.48. The molecule has 2 aromatic heterocycles.